The molecule has 0 atom stereocenters. The Hall–Kier alpha value is -2.37. The zero-order chi connectivity index (χ0) is 21.6. The van der Waals surface area contributed by atoms with Gasteiger partial charge in [-0.25, -0.2) is 4.79 Å². The SMILES string of the molecule is Cc1cc(C)c(NC(=O)CN2C(=O)NC3(CCC(C(C)(C)C)CC3)C2=O)c(C)c1. The highest BCUT2D eigenvalue weighted by Gasteiger charge is 2.53. The van der Waals surface area contributed by atoms with E-state index in [-0.39, 0.29) is 23.8 Å². The summed E-state index contributed by atoms with van der Waals surface area (Å²) in [6.07, 6.45) is 3.07. The van der Waals surface area contributed by atoms with Crippen molar-refractivity contribution < 1.29 is 14.4 Å². The van der Waals surface area contributed by atoms with Gasteiger partial charge in [-0.1, -0.05) is 38.5 Å². The molecule has 1 heterocycles. The molecule has 1 aromatic carbocycles. The molecule has 2 N–H and O–H groups in total. The lowest BCUT2D eigenvalue weighted by atomic mass is 9.67. The highest BCUT2D eigenvalue weighted by molar-refractivity contribution is 6.10. The fraction of sp³-hybridized carbons (Fsp3) is 0.609. The Bertz CT molecular complexity index is 822. The molecule has 1 saturated heterocycles. The summed E-state index contributed by atoms with van der Waals surface area (Å²) in [5.41, 5.74) is 3.15. The summed E-state index contributed by atoms with van der Waals surface area (Å²) >= 11 is 0. The Morgan fingerprint density at radius 3 is 2.21 bits per heavy atom. The number of hydrogen-bond acceptors (Lipinski definition) is 3. The van der Waals surface area contributed by atoms with Crippen LogP contribution in [0.1, 0.15) is 63.1 Å². The van der Waals surface area contributed by atoms with Gasteiger partial charge in [-0.3, -0.25) is 14.5 Å². The zero-order valence-electron chi connectivity index (χ0n) is 18.4. The topological polar surface area (TPSA) is 78.5 Å². The van der Waals surface area contributed by atoms with Crippen molar-refractivity contribution >= 4 is 23.5 Å². The van der Waals surface area contributed by atoms with Crippen LogP contribution in [0.5, 0.6) is 0 Å². The molecule has 1 saturated carbocycles. The smallest absolute Gasteiger partial charge is 0.324 e. The third-order valence-corrected chi connectivity index (χ3v) is 6.55. The maximum atomic E-state index is 13.1. The van der Waals surface area contributed by atoms with E-state index in [1.54, 1.807) is 0 Å². The van der Waals surface area contributed by atoms with Crippen molar-refractivity contribution in [2.75, 3.05) is 11.9 Å². The molecule has 29 heavy (non-hydrogen) atoms. The number of carbonyl (C=O) groups excluding carboxylic acids is 3. The lowest BCUT2D eigenvalue weighted by Crippen LogP contribution is -2.51. The molecule has 1 spiro atoms. The highest BCUT2D eigenvalue weighted by atomic mass is 16.2. The number of amides is 4. The number of nitrogens with one attached hydrogen (secondary N) is 2. The second-order valence-corrected chi connectivity index (χ2v) is 9.87. The van der Waals surface area contributed by atoms with Crippen LogP contribution in [0.4, 0.5) is 10.5 Å². The van der Waals surface area contributed by atoms with E-state index in [1.807, 2.05) is 32.9 Å². The molecule has 2 aliphatic rings. The van der Waals surface area contributed by atoms with Crippen molar-refractivity contribution in [3.63, 3.8) is 0 Å². The standard InChI is InChI=1S/C23H33N3O3/c1-14-11-15(2)19(16(3)12-14)24-18(27)13-26-20(28)23(25-21(26)29)9-7-17(8-10-23)22(4,5)6/h11-12,17H,7-10,13H2,1-6H3,(H,24,27)(H,25,29). The van der Waals surface area contributed by atoms with Gasteiger partial charge < -0.3 is 10.6 Å². The maximum absolute atomic E-state index is 13.1. The van der Waals surface area contributed by atoms with E-state index in [2.05, 4.69) is 31.4 Å². The molecule has 4 amide bonds. The number of rotatable bonds is 3. The highest BCUT2D eigenvalue weighted by Crippen LogP contribution is 2.43. The number of imide groups is 1. The normalized spacial score (nSPS) is 24.8. The molecule has 0 bridgehead atoms. The van der Waals surface area contributed by atoms with E-state index in [1.165, 1.54) is 0 Å². The first-order valence-electron chi connectivity index (χ1n) is 10.4. The van der Waals surface area contributed by atoms with Crippen molar-refractivity contribution in [2.24, 2.45) is 11.3 Å². The molecular weight excluding hydrogens is 366 g/mol. The van der Waals surface area contributed by atoms with Crippen molar-refractivity contribution in [2.45, 2.75) is 72.8 Å². The van der Waals surface area contributed by atoms with Gasteiger partial charge in [0.05, 0.1) is 0 Å². The molecule has 1 aliphatic heterocycles. The molecule has 6 nitrogen and oxygen atoms in total. The van der Waals surface area contributed by atoms with Crippen LogP contribution in [0.3, 0.4) is 0 Å². The number of nitrogens with zero attached hydrogens (tertiary/aromatic N) is 1. The van der Waals surface area contributed by atoms with Crippen LogP contribution < -0.4 is 10.6 Å². The van der Waals surface area contributed by atoms with Gasteiger partial charge in [0.2, 0.25) is 5.91 Å². The number of carbonyl (C=O) groups is 3. The van der Waals surface area contributed by atoms with E-state index in [4.69, 9.17) is 0 Å². The summed E-state index contributed by atoms with van der Waals surface area (Å²) in [5, 5.41) is 5.78. The Morgan fingerprint density at radius 2 is 1.69 bits per heavy atom. The van der Waals surface area contributed by atoms with Gasteiger partial charge in [0.25, 0.3) is 5.91 Å². The lowest BCUT2D eigenvalue weighted by Gasteiger charge is -2.40. The quantitative estimate of drug-likeness (QED) is 0.752. The Labute approximate surface area is 173 Å². The maximum Gasteiger partial charge on any atom is 0.325 e. The van der Waals surface area contributed by atoms with Crippen LogP contribution in [0.25, 0.3) is 0 Å². The fourth-order valence-corrected chi connectivity index (χ4v) is 4.84. The van der Waals surface area contributed by atoms with Gasteiger partial charge in [0.15, 0.2) is 0 Å². The second kappa shape index (κ2) is 7.47. The average Bonchev–Trinajstić information content (AvgIpc) is 2.82. The van der Waals surface area contributed by atoms with Crippen LogP contribution in [0.15, 0.2) is 12.1 Å². The van der Waals surface area contributed by atoms with Crippen molar-refractivity contribution in [1.29, 1.82) is 0 Å². The Morgan fingerprint density at radius 1 is 1.14 bits per heavy atom. The van der Waals surface area contributed by atoms with Gasteiger partial charge in [-0.15, -0.1) is 0 Å². The van der Waals surface area contributed by atoms with Crippen molar-refractivity contribution in [1.82, 2.24) is 10.2 Å². The van der Waals surface area contributed by atoms with Gasteiger partial charge in [0, 0.05) is 5.69 Å². The number of urea groups is 1. The van der Waals surface area contributed by atoms with E-state index < -0.39 is 11.6 Å². The Kier molecular flexibility index (Phi) is 5.50. The fourth-order valence-electron chi connectivity index (χ4n) is 4.84. The number of aryl methyl sites for hydroxylation is 3. The van der Waals surface area contributed by atoms with Crippen LogP contribution in [0.2, 0.25) is 0 Å². The molecule has 0 unspecified atom stereocenters. The third kappa shape index (κ3) is 4.16. The molecule has 3 rings (SSSR count). The molecule has 0 radical (unpaired) electrons. The first-order chi connectivity index (χ1) is 13.4. The lowest BCUT2D eigenvalue weighted by molar-refractivity contribution is -0.135. The summed E-state index contributed by atoms with van der Waals surface area (Å²) in [5.74, 6) is -0.0889. The average molecular weight is 400 g/mol. The number of anilines is 1. The summed E-state index contributed by atoms with van der Waals surface area (Å²) in [4.78, 5) is 39.3. The molecule has 158 valence electrons. The van der Waals surface area contributed by atoms with Crippen LogP contribution in [-0.2, 0) is 9.59 Å². The summed E-state index contributed by atoms with van der Waals surface area (Å²) in [7, 11) is 0. The predicted molar refractivity (Wildman–Crippen MR) is 114 cm³/mol. The van der Waals surface area contributed by atoms with Crippen LogP contribution >= 0.6 is 0 Å². The summed E-state index contributed by atoms with van der Waals surface area (Å²) in [6, 6.07) is 3.54. The minimum atomic E-state index is -0.838. The summed E-state index contributed by atoms with van der Waals surface area (Å²) in [6.45, 7) is 12.3. The minimum Gasteiger partial charge on any atom is -0.324 e. The second-order valence-electron chi connectivity index (χ2n) is 9.87. The first-order valence-corrected chi connectivity index (χ1v) is 10.4. The number of benzene rings is 1. The van der Waals surface area contributed by atoms with Crippen LogP contribution in [-0.4, -0.2) is 34.8 Å². The van der Waals surface area contributed by atoms with E-state index in [0.29, 0.717) is 18.8 Å². The van der Waals surface area contributed by atoms with Crippen molar-refractivity contribution in [3.8, 4) is 0 Å². The van der Waals surface area contributed by atoms with Gasteiger partial charge in [0.1, 0.15) is 12.1 Å². The predicted octanol–water partition coefficient (Wildman–Crippen LogP) is 4.08. The third-order valence-electron chi connectivity index (χ3n) is 6.55. The molecule has 2 fully saturated rings. The minimum absolute atomic E-state index is 0.191. The van der Waals surface area contributed by atoms with Gasteiger partial charge >= 0.3 is 6.03 Å². The van der Waals surface area contributed by atoms with Gasteiger partial charge in [-0.2, -0.15) is 0 Å². The van der Waals surface area contributed by atoms with Gasteiger partial charge in [-0.05, 0) is 68.9 Å². The van der Waals surface area contributed by atoms with E-state index >= 15 is 0 Å². The van der Waals surface area contributed by atoms with Crippen LogP contribution in [0, 0.1) is 32.1 Å². The zero-order valence-corrected chi connectivity index (χ0v) is 18.4. The van der Waals surface area contributed by atoms with Crippen molar-refractivity contribution in [3.05, 3.63) is 28.8 Å². The monoisotopic (exact) mass is 399 g/mol. The molecule has 0 aromatic heterocycles. The first kappa shape index (κ1) is 21.3. The largest absolute Gasteiger partial charge is 0.325 e. The molecule has 1 aliphatic carbocycles. The van der Waals surface area contributed by atoms with E-state index in [0.717, 1.165) is 40.1 Å². The molecule has 1 aromatic rings. The summed E-state index contributed by atoms with van der Waals surface area (Å²) < 4.78 is 0. The van der Waals surface area contributed by atoms with E-state index in [9.17, 15) is 14.4 Å². The Balaban J connectivity index is 1.67. The molecular formula is C23H33N3O3. The number of hydrogen-bond donors (Lipinski definition) is 2. The molecule has 6 heteroatoms.